The fraction of sp³-hybridized carbons (Fsp3) is 0.318. The SMILES string of the molecule is COc1cccc(C(=O)N2CCN(C(=O)CCNC(=O)c3ccc(Cl)cc3)CC2)c1. The Morgan fingerprint density at radius 2 is 1.63 bits per heavy atom. The highest BCUT2D eigenvalue weighted by atomic mass is 35.5. The quantitative estimate of drug-likeness (QED) is 0.765. The van der Waals surface area contributed by atoms with E-state index in [4.69, 9.17) is 16.3 Å². The maximum Gasteiger partial charge on any atom is 0.254 e. The Labute approximate surface area is 180 Å². The van der Waals surface area contributed by atoms with E-state index in [1.165, 1.54) is 0 Å². The first-order chi connectivity index (χ1) is 14.5. The van der Waals surface area contributed by atoms with Crippen LogP contribution in [0.1, 0.15) is 27.1 Å². The van der Waals surface area contributed by atoms with Crippen molar-refractivity contribution < 1.29 is 19.1 Å². The molecule has 0 aromatic heterocycles. The van der Waals surface area contributed by atoms with Crippen LogP contribution in [-0.2, 0) is 4.79 Å². The van der Waals surface area contributed by atoms with Crippen molar-refractivity contribution in [1.29, 1.82) is 0 Å². The molecule has 1 aliphatic heterocycles. The van der Waals surface area contributed by atoms with E-state index in [2.05, 4.69) is 5.32 Å². The lowest BCUT2D eigenvalue weighted by Gasteiger charge is -2.35. The van der Waals surface area contributed by atoms with Gasteiger partial charge < -0.3 is 19.9 Å². The number of benzene rings is 2. The minimum absolute atomic E-state index is 0.0418. The molecule has 158 valence electrons. The number of nitrogens with zero attached hydrogens (tertiary/aromatic N) is 2. The molecular formula is C22H24ClN3O4. The van der Waals surface area contributed by atoms with Gasteiger partial charge in [-0.2, -0.15) is 0 Å². The van der Waals surface area contributed by atoms with Crippen molar-refractivity contribution in [1.82, 2.24) is 15.1 Å². The van der Waals surface area contributed by atoms with Crippen molar-refractivity contribution in [2.24, 2.45) is 0 Å². The molecule has 1 saturated heterocycles. The predicted octanol–water partition coefficient (Wildman–Crippen LogP) is 2.45. The van der Waals surface area contributed by atoms with E-state index in [0.717, 1.165) is 0 Å². The molecule has 0 atom stereocenters. The largest absolute Gasteiger partial charge is 0.497 e. The molecule has 0 radical (unpaired) electrons. The molecule has 2 aromatic rings. The molecule has 1 fully saturated rings. The Balaban J connectivity index is 1.43. The van der Waals surface area contributed by atoms with Crippen molar-refractivity contribution in [3.05, 3.63) is 64.7 Å². The summed E-state index contributed by atoms with van der Waals surface area (Å²) >= 11 is 5.81. The van der Waals surface area contributed by atoms with Crippen molar-refractivity contribution >= 4 is 29.3 Å². The standard InChI is InChI=1S/C22H24ClN3O4/c1-30-19-4-2-3-17(15-19)22(29)26-13-11-25(12-14-26)20(27)9-10-24-21(28)16-5-7-18(23)8-6-16/h2-8,15H,9-14H2,1H3,(H,24,28). The summed E-state index contributed by atoms with van der Waals surface area (Å²) in [6.07, 6.45) is 0.211. The molecule has 0 saturated carbocycles. The lowest BCUT2D eigenvalue weighted by atomic mass is 10.1. The number of halogens is 1. The summed E-state index contributed by atoms with van der Waals surface area (Å²) < 4.78 is 5.17. The number of piperazine rings is 1. The molecular weight excluding hydrogens is 406 g/mol. The molecule has 2 aromatic carbocycles. The Kier molecular flexibility index (Phi) is 7.30. The lowest BCUT2D eigenvalue weighted by molar-refractivity contribution is -0.132. The fourth-order valence-electron chi connectivity index (χ4n) is 3.24. The molecule has 0 aliphatic carbocycles. The van der Waals surface area contributed by atoms with Crippen LogP contribution >= 0.6 is 11.6 Å². The number of rotatable bonds is 6. The highest BCUT2D eigenvalue weighted by Crippen LogP contribution is 2.16. The monoisotopic (exact) mass is 429 g/mol. The second-order valence-electron chi connectivity index (χ2n) is 6.92. The first kappa shape index (κ1) is 21.6. The second-order valence-corrected chi connectivity index (χ2v) is 7.35. The van der Waals surface area contributed by atoms with Gasteiger partial charge in [-0.1, -0.05) is 17.7 Å². The number of ether oxygens (including phenoxy) is 1. The second kappa shape index (κ2) is 10.1. The van der Waals surface area contributed by atoms with Crippen molar-refractivity contribution in [3.63, 3.8) is 0 Å². The van der Waals surface area contributed by atoms with E-state index in [1.807, 2.05) is 0 Å². The number of carbonyl (C=O) groups excluding carboxylic acids is 3. The van der Waals surface area contributed by atoms with Crippen LogP contribution in [0.15, 0.2) is 48.5 Å². The summed E-state index contributed by atoms with van der Waals surface area (Å²) in [5.74, 6) is 0.277. The average molecular weight is 430 g/mol. The molecule has 1 heterocycles. The van der Waals surface area contributed by atoms with Crippen LogP contribution in [0.2, 0.25) is 5.02 Å². The summed E-state index contributed by atoms with van der Waals surface area (Å²) in [5, 5.41) is 3.30. The molecule has 7 nitrogen and oxygen atoms in total. The zero-order valence-corrected chi connectivity index (χ0v) is 17.5. The van der Waals surface area contributed by atoms with Crippen molar-refractivity contribution in [3.8, 4) is 5.75 Å². The van der Waals surface area contributed by atoms with Gasteiger partial charge in [-0.15, -0.1) is 0 Å². The predicted molar refractivity (Wildman–Crippen MR) is 114 cm³/mol. The normalized spacial score (nSPS) is 13.7. The molecule has 1 aliphatic rings. The van der Waals surface area contributed by atoms with E-state index in [1.54, 1.807) is 65.4 Å². The Hall–Kier alpha value is -3.06. The lowest BCUT2D eigenvalue weighted by Crippen LogP contribution is -2.51. The summed E-state index contributed by atoms with van der Waals surface area (Å²) in [6.45, 7) is 2.14. The van der Waals surface area contributed by atoms with E-state index >= 15 is 0 Å². The van der Waals surface area contributed by atoms with Crippen LogP contribution in [0.5, 0.6) is 5.75 Å². The number of carbonyl (C=O) groups is 3. The summed E-state index contributed by atoms with van der Waals surface area (Å²) in [4.78, 5) is 40.6. The van der Waals surface area contributed by atoms with E-state index in [0.29, 0.717) is 48.1 Å². The van der Waals surface area contributed by atoms with Gasteiger partial charge in [0.25, 0.3) is 11.8 Å². The van der Waals surface area contributed by atoms with E-state index < -0.39 is 0 Å². The summed E-state index contributed by atoms with van der Waals surface area (Å²) in [7, 11) is 1.56. The Bertz CT molecular complexity index is 909. The minimum Gasteiger partial charge on any atom is -0.497 e. The van der Waals surface area contributed by atoms with Gasteiger partial charge in [0.1, 0.15) is 5.75 Å². The van der Waals surface area contributed by atoms with Gasteiger partial charge in [-0.25, -0.2) is 0 Å². The number of amides is 3. The Morgan fingerprint density at radius 1 is 0.967 bits per heavy atom. The summed E-state index contributed by atoms with van der Waals surface area (Å²) in [6, 6.07) is 13.6. The van der Waals surface area contributed by atoms with Crippen LogP contribution in [0, 0.1) is 0 Å². The van der Waals surface area contributed by atoms with Crippen molar-refractivity contribution in [2.45, 2.75) is 6.42 Å². The number of hydrogen-bond donors (Lipinski definition) is 1. The number of methoxy groups -OCH3 is 1. The molecule has 8 heteroatoms. The first-order valence-electron chi connectivity index (χ1n) is 9.73. The van der Waals surface area contributed by atoms with Crippen LogP contribution in [-0.4, -0.2) is 67.4 Å². The molecule has 30 heavy (non-hydrogen) atoms. The van der Waals surface area contributed by atoms with Gasteiger partial charge in [0.2, 0.25) is 5.91 Å². The van der Waals surface area contributed by atoms with Gasteiger partial charge >= 0.3 is 0 Å². The zero-order valence-electron chi connectivity index (χ0n) is 16.8. The Morgan fingerprint density at radius 3 is 2.30 bits per heavy atom. The van der Waals surface area contributed by atoms with E-state index in [9.17, 15) is 14.4 Å². The number of nitrogens with one attached hydrogen (secondary N) is 1. The van der Waals surface area contributed by atoms with Gasteiger partial charge in [0, 0.05) is 55.3 Å². The van der Waals surface area contributed by atoms with Crippen LogP contribution in [0.4, 0.5) is 0 Å². The molecule has 3 amide bonds. The molecule has 1 N–H and O–H groups in total. The molecule has 0 spiro atoms. The third-order valence-electron chi connectivity index (χ3n) is 4.97. The minimum atomic E-state index is -0.242. The smallest absolute Gasteiger partial charge is 0.254 e. The van der Waals surface area contributed by atoms with Gasteiger partial charge in [0.05, 0.1) is 7.11 Å². The zero-order chi connectivity index (χ0) is 21.5. The van der Waals surface area contributed by atoms with Crippen LogP contribution < -0.4 is 10.1 Å². The van der Waals surface area contributed by atoms with Gasteiger partial charge in [0.15, 0.2) is 0 Å². The fourth-order valence-corrected chi connectivity index (χ4v) is 3.37. The highest BCUT2D eigenvalue weighted by Gasteiger charge is 2.25. The van der Waals surface area contributed by atoms with E-state index in [-0.39, 0.29) is 30.7 Å². The third-order valence-corrected chi connectivity index (χ3v) is 5.22. The van der Waals surface area contributed by atoms with Crippen LogP contribution in [0.3, 0.4) is 0 Å². The van der Waals surface area contributed by atoms with Crippen LogP contribution in [0.25, 0.3) is 0 Å². The third kappa shape index (κ3) is 5.51. The average Bonchev–Trinajstić information content (AvgIpc) is 2.79. The number of hydrogen-bond acceptors (Lipinski definition) is 4. The first-order valence-corrected chi connectivity index (χ1v) is 10.1. The maximum absolute atomic E-state index is 12.7. The molecule has 3 rings (SSSR count). The highest BCUT2D eigenvalue weighted by molar-refractivity contribution is 6.30. The van der Waals surface area contributed by atoms with Gasteiger partial charge in [-0.3, -0.25) is 14.4 Å². The summed E-state index contributed by atoms with van der Waals surface area (Å²) in [5.41, 5.74) is 1.07. The van der Waals surface area contributed by atoms with Gasteiger partial charge in [-0.05, 0) is 42.5 Å². The maximum atomic E-state index is 12.7. The van der Waals surface area contributed by atoms with Crippen molar-refractivity contribution in [2.75, 3.05) is 39.8 Å². The molecule has 0 bridgehead atoms. The molecule has 0 unspecified atom stereocenters. The topological polar surface area (TPSA) is 79.0 Å².